The van der Waals surface area contributed by atoms with Crippen LogP contribution >= 0.6 is 0 Å². The van der Waals surface area contributed by atoms with Gasteiger partial charge in [0.1, 0.15) is 35.9 Å². The summed E-state index contributed by atoms with van der Waals surface area (Å²) in [5.41, 5.74) is 26.1. The fourth-order valence-corrected chi connectivity index (χ4v) is 19.1. The molecule has 4 amide bonds. The molecule has 25 heteroatoms. The summed E-state index contributed by atoms with van der Waals surface area (Å²) in [7, 11) is 0. The van der Waals surface area contributed by atoms with Crippen LogP contribution in [0.25, 0.3) is 0 Å². The Labute approximate surface area is 716 Å². The van der Waals surface area contributed by atoms with Crippen LogP contribution in [0.1, 0.15) is 142 Å². The van der Waals surface area contributed by atoms with Gasteiger partial charge in [-0.2, -0.15) is 20.9 Å². The molecule has 7 aromatic carbocycles. The minimum atomic E-state index is -0.588. The number of nitriles is 3. The number of halogens is 1. The van der Waals surface area contributed by atoms with Crippen molar-refractivity contribution in [2.24, 2.45) is 11.7 Å². The maximum atomic E-state index is 14.0. The highest BCUT2D eigenvalue weighted by Gasteiger charge is 2.38. The number of nitrogens with one attached hydrogen (secondary N) is 2. The molecular weight excluding hydrogens is 1530 g/mol. The van der Waals surface area contributed by atoms with E-state index in [1.54, 1.807) is 23.4 Å². The number of carbonyl (C=O) groups is 4. The molecule has 24 nitrogen and oxygen atoms in total. The normalized spacial score (nSPS) is 17.9. The third-order valence-corrected chi connectivity index (χ3v) is 25.5. The highest BCUT2D eigenvalue weighted by molar-refractivity contribution is 6.01. The van der Waals surface area contributed by atoms with Gasteiger partial charge in [0.2, 0.25) is 5.91 Å². The van der Waals surface area contributed by atoms with Gasteiger partial charge >= 0.3 is 0 Å². The number of piperidine rings is 3. The summed E-state index contributed by atoms with van der Waals surface area (Å²) in [5.74, 6) is 1.11. The highest BCUT2D eigenvalue weighted by atomic mass is 19.1. The number of nitrogens with two attached hydrogens (primary N) is 1. The number of aliphatic hydroxyl groups excluding tert-OH is 2. The van der Waals surface area contributed by atoms with Crippen molar-refractivity contribution in [2.75, 3.05) is 151 Å². The molecule has 0 bridgehead atoms. The van der Waals surface area contributed by atoms with Gasteiger partial charge in [-0.05, 0) is 248 Å². The minimum absolute atomic E-state index is 0.00802. The van der Waals surface area contributed by atoms with Gasteiger partial charge in [0, 0.05) is 150 Å². The second-order valence-corrected chi connectivity index (χ2v) is 33.3. The van der Waals surface area contributed by atoms with Crippen LogP contribution in [0.5, 0.6) is 0 Å². The quantitative estimate of drug-likeness (QED) is 0.0533. The molecule has 15 rings (SSSR count). The first kappa shape index (κ1) is 87.2. The Kier molecular flexibility index (Phi) is 28.4. The number of aryl methyl sites for hydroxylation is 6. The number of nitrogens with zero attached hydrogens (tertiary/aromatic N) is 15. The van der Waals surface area contributed by atoms with Gasteiger partial charge in [0.15, 0.2) is 5.82 Å². The molecule has 2 aromatic heterocycles. The molecule has 0 spiro atoms. The van der Waals surface area contributed by atoms with E-state index in [0.29, 0.717) is 86.3 Å². The van der Waals surface area contributed by atoms with Gasteiger partial charge in [-0.3, -0.25) is 19.2 Å². The first-order valence-electron chi connectivity index (χ1n) is 42.7. The Morgan fingerprint density at radius 1 is 0.451 bits per heavy atom. The Bertz CT molecular complexity index is 5360. The lowest BCUT2D eigenvalue weighted by Gasteiger charge is -2.41. The largest absolute Gasteiger partial charge is 0.394 e. The smallest absolute Gasteiger partial charge is 0.254 e. The fraction of sp³-hybridized carbons (Fsp3) is 0.402. The molecular formula is C97H113FN18O6. The van der Waals surface area contributed by atoms with Crippen molar-refractivity contribution >= 4 is 69.4 Å². The predicted molar refractivity (Wildman–Crippen MR) is 479 cm³/mol. The second kappa shape index (κ2) is 39.7. The van der Waals surface area contributed by atoms with E-state index in [0.717, 1.165) is 180 Å². The number of carbonyl (C=O) groups excluding carboxylic acids is 4. The van der Waals surface area contributed by atoms with Gasteiger partial charge in [0.25, 0.3) is 17.7 Å². The molecule has 3 atom stereocenters. The van der Waals surface area contributed by atoms with E-state index in [1.165, 1.54) is 23.3 Å². The van der Waals surface area contributed by atoms with Crippen LogP contribution in [-0.4, -0.2) is 205 Å². The topological polar surface area (TPSA) is 298 Å². The summed E-state index contributed by atoms with van der Waals surface area (Å²) < 4.78 is 13.6. The molecule has 0 aliphatic carbocycles. The summed E-state index contributed by atoms with van der Waals surface area (Å²) in [4.78, 5) is 77.1. The van der Waals surface area contributed by atoms with Crippen molar-refractivity contribution < 1.29 is 33.8 Å². The van der Waals surface area contributed by atoms with Gasteiger partial charge in [-0.1, -0.05) is 66.7 Å². The number of para-hydroxylation sites is 3. The van der Waals surface area contributed by atoms with Crippen molar-refractivity contribution in [1.29, 1.82) is 15.8 Å². The zero-order valence-corrected chi connectivity index (χ0v) is 71.6. The summed E-state index contributed by atoms with van der Waals surface area (Å²) in [6, 6.07) is 51.7. The lowest BCUT2D eigenvalue weighted by molar-refractivity contribution is -0.120. The van der Waals surface area contributed by atoms with Crippen LogP contribution in [0.2, 0.25) is 0 Å². The van der Waals surface area contributed by atoms with Gasteiger partial charge in [0.05, 0.1) is 65.6 Å². The van der Waals surface area contributed by atoms with Gasteiger partial charge in [-0.15, -0.1) is 5.10 Å². The molecule has 6 aliphatic heterocycles. The molecule has 634 valence electrons. The van der Waals surface area contributed by atoms with Crippen LogP contribution in [0.4, 0.5) is 50.2 Å². The number of aromatic nitrogens is 3. The standard InChI is InChI=1S/C33H38N6O2.C32H37FN6O2.C32H38N6O2/c1-22-19-23(2)31(36-26-13-15-37(16-14-26)28-12-8-7-9-25(28)20-34)24(3)30(22)33(41)38-17-18-39(29(21-38)32(35)40)27-10-5-4-6-11-27;1-21-15-22(2)31(32(41)38-13-14-39(27(19-38)20-40)30-5-4-10-35-36-30)23(3)28(21)16-24-8-11-37(12-9-24)29-7-6-26(33)17-25(29)18-34;1-22-18-23(2)31(35-26-11-14-36(15-12-26)28-9-5-4-8-25(28)19-33)24(3)30(22)32(40)37-16-17-38(27(20-37)21-39)29-10-6-7-13-34-29/h4-12,19,26,29,36H,13-18,21H2,1-3H3,(H2,35,40);4-7,10,15,17,24,27,40H,8-9,11-14,16,19-20H2,1-3H3;4-10,13,18,26-27,35,39H,11-12,14-17,20-21H2,1-3H3/t;2*27-/m.00/s1. The molecule has 0 radical (unpaired) electrons. The van der Waals surface area contributed by atoms with Crippen molar-refractivity contribution in [2.45, 2.75) is 137 Å². The van der Waals surface area contributed by atoms with Crippen molar-refractivity contribution in [1.82, 2.24) is 29.9 Å². The number of aliphatic hydroxyl groups is 2. The molecule has 0 saturated carbocycles. The first-order chi connectivity index (χ1) is 59.0. The zero-order valence-electron chi connectivity index (χ0n) is 71.6. The van der Waals surface area contributed by atoms with Crippen LogP contribution in [0.3, 0.4) is 0 Å². The number of hydrogen-bond donors (Lipinski definition) is 5. The molecule has 6 saturated heterocycles. The Balaban J connectivity index is 0.000000158. The lowest BCUT2D eigenvalue weighted by Crippen LogP contribution is -2.59. The van der Waals surface area contributed by atoms with Crippen molar-refractivity contribution in [3.63, 3.8) is 0 Å². The Morgan fingerprint density at radius 2 is 0.885 bits per heavy atom. The molecule has 8 heterocycles. The first-order valence-corrected chi connectivity index (χ1v) is 42.7. The molecule has 6 fully saturated rings. The Hall–Kier alpha value is -12.6. The van der Waals surface area contributed by atoms with Gasteiger partial charge < -0.3 is 70.7 Å². The van der Waals surface area contributed by atoms with Crippen molar-refractivity contribution in [3.05, 3.63) is 253 Å². The van der Waals surface area contributed by atoms with E-state index in [1.807, 2.05) is 163 Å². The lowest BCUT2D eigenvalue weighted by atomic mass is 9.83. The third-order valence-electron chi connectivity index (χ3n) is 25.5. The van der Waals surface area contributed by atoms with E-state index in [-0.39, 0.29) is 61.6 Å². The average molecular weight is 1650 g/mol. The van der Waals surface area contributed by atoms with E-state index in [9.17, 15) is 49.6 Å². The summed E-state index contributed by atoms with van der Waals surface area (Å²) in [6.07, 6.45) is 9.94. The van der Waals surface area contributed by atoms with Crippen LogP contribution in [-0.2, 0) is 11.2 Å². The fourth-order valence-electron chi connectivity index (χ4n) is 19.1. The predicted octanol–water partition coefficient (Wildman–Crippen LogP) is 12.9. The molecule has 1 unspecified atom stereocenters. The van der Waals surface area contributed by atoms with Crippen LogP contribution in [0, 0.1) is 108 Å². The molecule has 122 heavy (non-hydrogen) atoms. The minimum Gasteiger partial charge on any atom is -0.394 e. The maximum Gasteiger partial charge on any atom is 0.254 e. The maximum absolute atomic E-state index is 14.0. The highest BCUT2D eigenvalue weighted by Crippen LogP contribution is 2.38. The number of piperazine rings is 3. The van der Waals surface area contributed by atoms with Crippen molar-refractivity contribution in [3.8, 4) is 18.2 Å². The molecule has 6 aliphatic rings. The number of rotatable bonds is 18. The summed E-state index contributed by atoms with van der Waals surface area (Å²) in [5, 5.41) is 64.4. The zero-order chi connectivity index (χ0) is 86.4. The number of primary amides is 1. The van der Waals surface area contributed by atoms with E-state index in [2.05, 4.69) is 110 Å². The van der Waals surface area contributed by atoms with E-state index < -0.39 is 17.8 Å². The van der Waals surface area contributed by atoms with Gasteiger partial charge in [-0.25, -0.2) is 9.37 Å². The third kappa shape index (κ3) is 19.5. The van der Waals surface area contributed by atoms with E-state index in [4.69, 9.17) is 5.73 Å². The number of benzene rings is 7. The molecule has 9 aromatic rings. The van der Waals surface area contributed by atoms with E-state index >= 15 is 0 Å². The number of amides is 4. The monoisotopic (exact) mass is 1640 g/mol. The summed E-state index contributed by atoms with van der Waals surface area (Å²) >= 11 is 0. The Morgan fingerprint density at radius 3 is 1.35 bits per heavy atom. The molecule has 6 N–H and O–H groups in total. The number of pyridine rings is 1. The summed E-state index contributed by atoms with van der Waals surface area (Å²) in [6.45, 7) is 27.8. The number of anilines is 8. The SMILES string of the molecule is Cc1cc(C)c(C(=O)N2CCN(c3ccccc3)C(C(N)=O)C2)c(C)c1NC1CCN(c2ccccc2C#N)CC1.Cc1cc(C)c(C(=O)N2CCN(c3ccccn3)[C@H](CO)C2)c(C)c1NC1CCN(c2ccccc2C#N)CC1.Cc1cc(C)c(C(=O)N2CCN(c3cccnn3)[C@H](CO)C2)c(C)c1CC1CCN(c2ccc(F)cc2C#N)CC1. The average Bonchev–Trinajstić information content (AvgIpc) is 0.781. The van der Waals surface area contributed by atoms with Crippen LogP contribution in [0.15, 0.2) is 158 Å². The van der Waals surface area contributed by atoms with Crippen LogP contribution < -0.4 is 45.8 Å². The number of hydrogen-bond acceptors (Lipinski definition) is 20. The second-order valence-electron chi connectivity index (χ2n) is 33.3.